The number of carboxylic acid groups (broad SMARTS) is 1. The van der Waals surface area contributed by atoms with Gasteiger partial charge in [-0.1, -0.05) is 30.3 Å². The third-order valence-corrected chi connectivity index (χ3v) is 2.71. The van der Waals surface area contributed by atoms with E-state index in [1.807, 2.05) is 0 Å². The van der Waals surface area contributed by atoms with Gasteiger partial charge in [0.25, 0.3) is 17.6 Å². The summed E-state index contributed by atoms with van der Waals surface area (Å²) in [4.78, 5) is 45.9. The van der Waals surface area contributed by atoms with Crippen molar-refractivity contribution in [1.29, 1.82) is 0 Å². The molecule has 0 saturated carbocycles. The van der Waals surface area contributed by atoms with Crippen molar-refractivity contribution < 1.29 is 24.3 Å². The summed E-state index contributed by atoms with van der Waals surface area (Å²) in [6.45, 7) is -0.146. The second-order valence-electron chi connectivity index (χ2n) is 3.98. The van der Waals surface area contributed by atoms with E-state index >= 15 is 0 Å². The van der Waals surface area contributed by atoms with Gasteiger partial charge in [-0.3, -0.25) is 24.6 Å². The van der Waals surface area contributed by atoms with Crippen LogP contribution in [0.3, 0.4) is 0 Å². The lowest BCUT2D eigenvalue weighted by Gasteiger charge is -2.22. The minimum atomic E-state index is -1.61. The number of ketones is 1. The van der Waals surface area contributed by atoms with Crippen molar-refractivity contribution in [2.45, 2.75) is 12.6 Å². The Morgan fingerprint density at radius 3 is 2.32 bits per heavy atom. The second kappa shape index (κ2) is 4.89. The summed E-state index contributed by atoms with van der Waals surface area (Å²) in [6.07, 6.45) is -1.44. The average molecular weight is 262 g/mol. The Balaban J connectivity index is 2.26. The first-order chi connectivity index (χ1) is 9.00. The molecule has 7 heteroatoms. The molecule has 0 aromatic heterocycles. The van der Waals surface area contributed by atoms with Crippen LogP contribution in [0, 0.1) is 0 Å². The lowest BCUT2D eigenvalue weighted by atomic mass is 10.1. The Labute approximate surface area is 107 Å². The van der Waals surface area contributed by atoms with Crippen LogP contribution in [0.2, 0.25) is 0 Å². The molecule has 0 bridgehead atoms. The van der Waals surface area contributed by atoms with Gasteiger partial charge in [0.2, 0.25) is 0 Å². The van der Waals surface area contributed by atoms with Gasteiger partial charge in [-0.25, -0.2) is 4.79 Å². The Morgan fingerprint density at radius 2 is 1.84 bits per heavy atom. The van der Waals surface area contributed by atoms with Crippen molar-refractivity contribution in [3.05, 3.63) is 35.9 Å². The molecule has 2 rings (SSSR count). The number of carbonyl (C=O) groups is 4. The first-order valence-corrected chi connectivity index (χ1v) is 5.43. The van der Waals surface area contributed by atoms with Crippen LogP contribution in [0.15, 0.2) is 30.3 Å². The largest absolute Gasteiger partial charge is 0.465 e. The first kappa shape index (κ1) is 12.7. The molecular formula is C12H10N2O5. The minimum absolute atomic E-state index is 0.146. The van der Waals surface area contributed by atoms with Crippen LogP contribution in [0.25, 0.3) is 0 Å². The van der Waals surface area contributed by atoms with E-state index in [-0.39, 0.29) is 6.54 Å². The molecule has 1 aromatic rings. The van der Waals surface area contributed by atoms with Gasteiger partial charge < -0.3 is 5.11 Å². The van der Waals surface area contributed by atoms with Crippen LogP contribution in [-0.4, -0.2) is 39.7 Å². The Bertz CT molecular complexity index is 554. The van der Waals surface area contributed by atoms with E-state index in [1.165, 1.54) is 0 Å². The van der Waals surface area contributed by atoms with E-state index in [4.69, 9.17) is 5.11 Å². The molecule has 0 radical (unpaired) electrons. The summed E-state index contributed by atoms with van der Waals surface area (Å²) in [6, 6.07) is 6.88. The highest BCUT2D eigenvalue weighted by Crippen LogP contribution is 2.13. The molecule has 1 aliphatic heterocycles. The Hall–Kier alpha value is -2.70. The molecule has 0 aliphatic carbocycles. The number of hydrogen-bond acceptors (Lipinski definition) is 4. The number of amides is 3. The number of rotatable bonds is 3. The average Bonchev–Trinajstić information content (AvgIpc) is 2.62. The highest BCUT2D eigenvalue weighted by Gasteiger charge is 2.46. The summed E-state index contributed by atoms with van der Waals surface area (Å²) in [5.74, 6) is -3.04. The quantitative estimate of drug-likeness (QED) is 0.444. The second-order valence-corrected chi connectivity index (χ2v) is 3.98. The molecule has 1 aliphatic rings. The molecule has 0 unspecified atom stereocenters. The van der Waals surface area contributed by atoms with Gasteiger partial charge >= 0.3 is 6.09 Å². The number of benzene rings is 1. The van der Waals surface area contributed by atoms with Crippen molar-refractivity contribution in [2.75, 3.05) is 0 Å². The number of hydrogen-bond donors (Lipinski definition) is 2. The fraction of sp³-hybridized carbons (Fsp3) is 0.167. The lowest BCUT2D eigenvalue weighted by Crippen LogP contribution is -2.46. The third-order valence-electron chi connectivity index (χ3n) is 2.71. The highest BCUT2D eigenvalue weighted by molar-refractivity contribution is 6.50. The Kier molecular flexibility index (Phi) is 3.28. The Morgan fingerprint density at radius 1 is 1.21 bits per heavy atom. The van der Waals surface area contributed by atoms with E-state index in [9.17, 15) is 19.2 Å². The molecule has 1 heterocycles. The van der Waals surface area contributed by atoms with Gasteiger partial charge in [0.15, 0.2) is 6.04 Å². The van der Waals surface area contributed by atoms with Gasteiger partial charge in [-0.05, 0) is 5.56 Å². The van der Waals surface area contributed by atoms with Crippen molar-refractivity contribution in [1.82, 2.24) is 10.2 Å². The first-order valence-electron chi connectivity index (χ1n) is 5.43. The van der Waals surface area contributed by atoms with Crippen LogP contribution >= 0.6 is 0 Å². The van der Waals surface area contributed by atoms with Crippen LogP contribution in [0.5, 0.6) is 0 Å². The standard InChI is InChI=1S/C12H10N2O5/c15-9-8(10(16)13-11(9)17)14(12(18)19)6-7-4-2-1-3-5-7/h1-5,8H,6H2,(H,18,19)(H,13,16,17)/t8-/m1/s1. The van der Waals surface area contributed by atoms with E-state index in [0.717, 1.165) is 0 Å². The van der Waals surface area contributed by atoms with Crippen LogP contribution < -0.4 is 5.32 Å². The molecule has 1 saturated heterocycles. The van der Waals surface area contributed by atoms with E-state index in [2.05, 4.69) is 0 Å². The molecule has 0 spiro atoms. The fourth-order valence-corrected chi connectivity index (χ4v) is 1.82. The summed E-state index contributed by atoms with van der Waals surface area (Å²) in [5, 5.41) is 10.9. The highest BCUT2D eigenvalue weighted by atomic mass is 16.4. The maximum atomic E-state index is 11.5. The zero-order valence-electron chi connectivity index (χ0n) is 9.70. The number of imide groups is 1. The molecule has 1 atom stereocenters. The zero-order chi connectivity index (χ0) is 14.0. The van der Waals surface area contributed by atoms with Gasteiger partial charge in [-0.15, -0.1) is 0 Å². The van der Waals surface area contributed by atoms with E-state index in [0.29, 0.717) is 10.5 Å². The smallest absolute Gasteiger partial charge is 0.408 e. The van der Waals surface area contributed by atoms with Crippen LogP contribution in [-0.2, 0) is 20.9 Å². The number of carbonyl (C=O) groups excluding carboxylic acids is 3. The van der Waals surface area contributed by atoms with Gasteiger partial charge in [-0.2, -0.15) is 0 Å². The molecule has 3 amide bonds. The van der Waals surface area contributed by atoms with Gasteiger partial charge in [0.1, 0.15) is 0 Å². The third kappa shape index (κ3) is 2.44. The molecule has 1 fully saturated rings. The van der Waals surface area contributed by atoms with E-state index < -0.39 is 29.7 Å². The predicted octanol–water partition coefficient (Wildman–Crippen LogP) is -0.239. The normalized spacial score (nSPS) is 18.3. The summed E-state index contributed by atoms with van der Waals surface area (Å²) in [5.41, 5.74) is 0.616. The number of Topliss-reactive ketones (excluding diaryl/α,β-unsaturated/α-hetero) is 1. The molecule has 19 heavy (non-hydrogen) atoms. The van der Waals surface area contributed by atoms with Crippen LogP contribution in [0.4, 0.5) is 4.79 Å². The summed E-state index contributed by atoms with van der Waals surface area (Å²) >= 11 is 0. The van der Waals surface area contributed by atoms with Gasteiger partial charge in [0, 0.05) is 0 Å². The minimum Gasteiger partial charge on any atom is -0.465 e. The van der Waals surface area contributed by atoms with Crippen molar-refractivity contribution in [3.63, 3.8) is 0 Å². The summed E-state index contributed by atoms with van der Waals surface area (Å²) in [7, 11) is 0. The molecule has 98 valence electrons. The van der Waals surface area contributed by atoms with Gasteiger partial charge in [0.05, 0.1) is 6.54 Å². The maximum absolute atomic E-state index is 11.5. The maximum Gasteiger partial charge on any atom is 0.408 e. The van der Waals surface area contributed by atoms with Crippen molar-refractivity contribution in [2.24, 2.45) is 0 Å². The predicted molar refractivity (Wildman–Crippen MR) is 62.0 cm³/mol. The molecular weight excluding hydrogens is 252 g/mol. The lowest BCUT2D eigenvalue weighted by molar-refractivity contribution is -0.137. The number of nitrogens with one attached hydrogen (secondary N) is 1. The topological polar surface area (TPSA) is 104 Å². The molecule has 7 nitrogen and oxygen atoms in total. The zero-order valence-corrected chi connectivity index (χ0v) is 9.70. The van der Waals surface area contributed by atoms with Crippen LogP contribution in [0.1, 0.15) is 5.56 Å². The van der Waals surface area contributed by atoms with Crippen molar-refractivity contribution >= 4 is 23.7 Å². The number of nitrogens with zero attached hydrogens (tertiary/aromatic N) is 1. The fourth-order valence-electron chi connectivity index (χ4n) is 1.82. The summed E-state index contributed by atoms with van der Waals surface area (Å²) < 4.78 is 0. The van der Waals surface area contributed by atoms with Crippen molar-refractivity contribution in [3.8, 4) is 0 Å². The monoisotopic (exact) mass is 262 g/mol. The molecule has 1 aromatic carbocycles. The molecule has 2 N–H and O–H groups in total. The SMILES string of the molecule is O=C1NC(=O)[C@H](N(Cc2ccccc2)C(=O)O)C1=O. The van der Waals surface area contributed by atoms with E-state index in [1.54, 1.807) is 35.6 Å².